The second kappa shape index (κ2) is 19.8. The van der Waals surface area contributed by atoms with Crippen LogP contribution in [0.1, 0.15) is 51.0 Å². The minimum atomic E-state index is -1.24. The maximum Gasteiger partial charge on any atom is 0.321 e. The Kier molecular flexibility index (Phi) is 15.4. The van der Waals surface area contributed by atoms with Crippen molar-refractivity contribution in [3.63, 3.8) is 0 Å². The molecule has 0 aliphatic carbocycles. The number of hydrogen-bond donors (Lipinski definition) is 6. The number of carbonyl (C=O) groups is 6. The first-order valence-corrected chi connectivity index (χ1v) is 19.2. The number of benzene rings is 2. The van der Waals surface area contributed by atoms with Crippen molar-refractivity contribution in [3.8, 4) is 11.3 Å². The Bertz CT molecular complexity index is 1940. The number of halogens is 2. The van der Waals surface area contributed by atoms with Crippen LogP contribution in [-0.2, 0) is 35.3 Å². The van der Waals surface area contributed by atoms with Crippen LogP contribution in [0.3, 0.4) is 0 Å². The number of thioether (sulfide) groups is 1. The molecular weight excluding hydrogens is 767 g/mol. The van der Waals surface area contributed by atoms with Crippen molar-refractivity contribution in [1.82, 2.24) is 30.0 Å². The number of nitrogens with zero attached hydrogens (tertiary/aromatic N) is 4. The summed E-state index contributed by atoms with van der Waals surface area (Å²) >= 11 is 0.931. The Morgan fingerprint density at radius 2 is 1.72 bits per heavy atom. The molecule has 0 radical (unpaired) electrons. The van der Waals surface area contributed by atoms with Gasteiger partial charge in [-0.3, -0.25) is 33.7 Å². The lowest BCUT2D eigenvalue weighted by Gasteiger charge is -2.40. The highest BCUT2D eigenvalue weighted by Gasteiger charge is 2.41. The molecule has 2 heterocycles. The number of aliphatic hydroxyl groups is 1. The van der Waals surface area contributed by atoms with Crippen LogP contribution in [0.5, 0.6) is 0 Å². The normalized spacial score (nSPS) is 15.9. The fourth-order valence-electron chi connectivity index (χ4n) is 6.23. The summed E-state index contributed by atoms with van der Waals surface area (Å²) in [7, 11) is 0. The summed E-state index contributed by atoms with van der Waals surface area (Å²) in [6.45, 7) is 4.16. The molecule has 2 aromatic carbocycles. The summed E-state index contributed by atoms with van der Waals surface area (Å²) in [5, 5.41) is 23.2. The molecule has 0 saturated carbocycles. The van der Waals surface area contributed by atoms with Crippen molar-refractivity contribution in [2.24, 2.45) is 16.9 Å². The molecular formula is C38H48F2N8O8S. The van der Waals surface area contributed by atoms with E-state index in [0.29, 0.717) is 5.82 Å². The summed E-state index contributed by atoms with van der Waals surface area (Å²) in [6, 6.07) is 9.16. The maximum absolute atomic E-state index is 15.0. The number of aliphatic carboxylic acids is 1. The molecule has 4 atom stereocenters. The molecule has 1 aliphatic rings. The van der Waals surface area contributed by atoms with E-state index in [2.05, 4.69) is 10.6 Å². The average Bonchev–Trinajstić information content (AvgIpc) is 3.68. The van der Waals surface area contributed by atoms with Gasteiger partial charge < -0.3 is 41.8 Å². The van der Waals surface area contributed by atoms with E-state index in [0.717, 1.165) is 40.4 Å². The topological polar surface area (TPSA) is 243 Å². The summed E-state index contributed by atoms with van der Waals surface area (Å²) in [6.07, 6.45) is 1.33. The van der Waals surface area contributed by atoms with Gasteiger partial charge in [-0.2, -0.15) is 0 Å². The summed E-state index contributed by atoms with van der Waals surface area (Å²) in [5.74, 6) is -5.51. The lowest BCUT2D eigenvalue weighted by atomic mass is 9.84. The SMILES string of the molecule is CC(C)(C)[C@H](c1nc(-c2cc(F)ccc2F)cn1Cc1ccccc1)N(CC[C@H](N)C(=O)NCCNC(=O)CN1C(=O)CC(SC[C@H](N)C(=O)O)C1=O)C(=O)CO. The molecule has 19 heteroatoms. The van der Waals surface area contributed by atoms with Crippen LogP contribution in [-0.4, -0.2) is 121 Å². The Labute approximate surface area is 332 Å². The first-order chi connectivity index (χ1) is 26.9. The number of imidazole rings is 1. The number of hydrogen-bond acceptors (Lipinski definition) is 11. The Balaban J connectivity index is 1.40. The van der Waals surface area contributed by atoms with Crippen molar-refractivity contribution >= 4 is 47.3 Å². The molecule has 3 aromatic rings. The zero-order valence-electron chi connectivity index (χ0n) is 31.8. The fraction of sp³-hybridized carbons (Fsp3) is 0.447. The van der Waals surface area contributed by atoms with Crippen LogP contribution in [0.15, 0.2) is 54.7 Å². The number of likely N-dealkylation sites (tertiary alicyclic amines) is 1. The number of nitrogens with one attached hydrogen (secondary N) is 2. The second-order valence-corrected chi connectivity index (χ2v) is 15.8. The largest absolute Gasteiger partial charge is 0.480 e. The van der Waals surface area contributed by atoms with Gasteiger partial charge in [0.2, 0.25) is 29.5 Å². The van der Waals surface area contributed by atoms with E-state index in [4.69, 9.17) is 21.6 Å². The molecule has 1 unspecified atom stereocenters. The molecule has 1 saturated heterocycles. The van der Waals surface area contributed by atoms with Crippen molar-refractivity contribution in [2.75, 3.05) is 38.5 Å². The second-order valence-electron chi connectivity index (χ2n) is 14.6. The number of carbonyl (C=O) groups excluding carboxylic acids is 5. The first-order valence-electron chi connectivity index (χ1n) is 18.1. The monoisotopic (exact) mass is 814 g/mol. The van der Waals surface area contributed by atoms with Crippen LogP contribution in [0.4, 0.5) is 8.78 Å². The summed E-state index contributed by atoms with van der Waals surface area (Å²) in [5.41, 5.74) is 11.9. The quantitative estimate of drug-likeness (QED) is 0.0734. The van der Waals surface area contributed by atoms with Gasteiger partial charge in [0.15, 0.2) is 0 Å². The molecule has 5 amide bonds. The Morgan fingerprint density at radius 1 is 1.04 bits per heavy atom. The number of aliphatic hydroxyl groups excluding tert-OH is 1. The molecule has 1 aromatic heterocycles. The van der Waals surface area contributed by atoms with E-state index in [9.17, 15) is 42.7 Å². The predicted molar refractivity (Wildman–Crippen MR) is 206 cm³/mol. The Morgan fingerprint density at radius 3 is 2.37 bits per heavy atom. The van der Waals surface area contributed by atoms with Gasteiger partial charge in [-0.1, -0.05) is 51.1 Å². The van der Waals surface area contributed by atoms with Crippen molar-refractivity contribution in [1.29, 1.82) is 0 Å². The molecule has 0 spiro atoms. The van der Waals surface area contributed by atoms with E-state index in [1.165, 1.54) is 4.90 Å². The molecule has 4 rings (SSSR count). The third-order valence-corrected chi connectivity index (χ3v) is 10.4. The minimum absolute atomic E-state index is 0.0585. The number of nitrogens with two attached hydrogens (primary N) is 2. The highest BCUT2D eigenvalue weighted by molar-refractivity contribution is 8.00. The van der Waals surface area contributed by atoms with Gasteiger partial charge in [0.1, 0.15) is 36.7 Å². The number of amides is 5. The smallest absolute Gasteiger partial charge is 0.321 e. The lowest BCUT2D eigenvalue weighted by Crippen LogP contribution is -2.48. The van der Waals surface area contributed by atoms with Crippen LogP contribution >= 0.6 is 11.8 Å². The van der Waals surface area contributed by atoms with E-state index in [-0.39, 0.29) is 56.0 Å². The molecule has 1 aliphatic heterocycles. The van der Waals surface area contributed by atoms with Gasteiger partial charge in [0, 0.05) is 50.1 Å². The van der Waals surface area contributed by atoms with Gasteiger partial charge in [0.25, 0.3) is 0 Å². The number of aromatic nitrogens is 2. The van der Waals surface area contributed by atoms with Gasteiger partial charge in [0.05, 0.1) is 23.0 Å². The van der Waals surface area contributed by atoms with Crippen LogP contribution < -0.4 is 22.1 Å². The number of carboxylic acid groups (broad SMARTS) is 1. The van der Waals surface area contributed by atoms with Crippen molar-refractivity contribution in [3.05, 3.63) is 77.8 Å². The number of carboxylic acids is 1. The van der Waals surface area contributed by atoms with Crippen LogP contribution in [0, 0.1) is 17.0 Å². The molecule has 57 heavy (non-hydrogen) atoms. The Hall–Kier alpha value is -5.24. The highest BCUT2D eigenvalue weighted by atomic mass is 32.2. The molecule has 8 N–H and O–H groups in total. The zero-order chi connectivity index (χ0) is 42.0. The molecule has 1 fully saturated rings. The molecule has 16 nitrogen and oxygen atoms in total. The van der Waals surface area contributed by atoms with E-state index in [1.54, 1.807) is 10.8 Å². The van der Waals surface area contributed by atoms with Gasteiger partial charge in [-0.05, 0) is 35.6 Å². The molecule has 308 valence electrons. The average molecular weight is 815 g/mol. The summed E-state index contributed by atoms with van der Waals surface area (Å²) in [4.78, 5) is 81.7. The lowest BCUT2D eigenvalue weighted by molar-refractivity contribution is -0.142. The first kappa shape index (κ1) is 44.5. The van der Waals surface area contributed by atoms with E-state index < -0.39 is 89.1 Å². The van der Waals surface area contributed by atoms with Gasteiger partial charge >= 0.3 is 5.97 Å². The van der Waals surface area contributed by atoms with Crippen molar-refractivity contribution in [2.45, 2.75) is 63.5 Å². The van der Waals surface area contributed by atoms with E-state index in [1.807, 2.05) is 51.1 Å². The number of rotatable bonds is 19. The van der Waals surface area contributed by atoms with E-state index >= 15 is 0 Å². The summed E-state index contributed by atoms with van der Waals surface area (Å²) < 4.78 is 31.0. The zero-order valence-corrected chi connectivity index (χ0v) is 32.6. The standard InChI is InChI=1S/C38H48F2N8O8S/c1-38(2,3)33(34-45-28(24-15-23(39)9-10-25(24)40)18-46(34)17-22-7-5-4-6-8-22)47(32(52)20-49)14-11-26(41)35(53)44-13-12-43-30(50)19-48-31(51)16-29(36(48)54)57-21-27(42)37(55)56/h4-10,15,18,26-27,29,33,49H,11-14,16-17,19-21,41-42H2,1-3H3,(H,43,50)(H,44,53)(H,55,56)/t26-,27-,29?,33-/m0/s1. The third-order valence-electron chi connectivity index (χ3n) is 9.10. The predicted octanol–water partition coefficient (Wildman–Crippen LogP) is 1.01. The van der Waals surface area contributed by atoms with Crippen LogP contribution in [0.2, 0.25) is 0 Å². The van der Waals surface area contributed by atoms with Gasteiger partial charge in [-0.25, -0.2) is 13.8 Å². The van der Waals surface area contributed by atoms with Gasteiger partial charge in [-0.15, -0.1) is 11.8 Å². The fourth-order valence-corrected chi connectivity index (χ4v) is 7.34. The molecule has 0 bridgehead atoms. The third kappa shape index (κ3) is 11.9. The van der Waals surface area contributed by atoms with Crippen molar-refractivity contribution < 1.29 is 47.8 Å². The minimum Gasteiger partial charge on any atom is -0.480 e. The number of imide groups is 1. The van der Waals surface area contributed by atoms with Crippen LogP contribution in [0.25, 0.3) is 11.3 Å². The maximum atomic E-state index is 15.0. The highest BCUT2D eigenvalue weighted by Crippen LogP contribution is 2.39.